The summed E-state index contributed by atoms with van der Waals surface area (Å²) >= 11 is 0. The van der Waals surface area contributed by atoms with Gasteiger partial charge in [-0.25, -0.2) is 0 Å². The van der Waals surface area contributed by atoms with E-state index in [-0.39, 0.29) is 13.1 Å². The van der Waals surface area contributed by atoms with Crippen LogP contribution in [0.25, 0.3) is 10.4 Å². The molecule has 0 radical (unpaired) electrons. The third kappa shape index (κ3) is 1.59. The summed E-state index contributed by atoms with van der Waals surface area (Å²) in [5.74, 6) is 0.348. The van der Waals surface area contributed by atoms with E-state index in [9.17, 15) is 0 Å². The van der Waals surface area contributed by atoms with E-state index in [2.05, 4.69) is 10.0 Å². The van der Waals surface area contributed by atoms with Crippen molar-refractivity contribution in [1.29, 1.82) is 0 Å². The first-order valence-electron chi connectivity index (χ1n) is 4.99. The molecule has 2 N–H and O–H groups in total. The number of hydrogen-bond acceptors (Lipinski definition) is 5. The van der Waals surface area contributed by atoms with Crippen molar-refractivity contribution in [2.24, 2.45) is 10.8 Å². The Morgan fingerprint density at radius 3 is 2.94 bits per heavy atom. The highest BCUT2D eigenvalue weighted by atomic mass is 16.8. The molecular weight excluding hydrogens is 212 g/mol. The maximum absolute atomic E-state index is 8.27. The van der Waals surface area contributed by atoms with Crippen molar-refractivity contribution < 1.29 is 14.2 Å². The number of nitrogens with zero attached hydrogens (tertiary/aromatic N) is 3. The minimum atomic E-state index is -0.722. The topological polar surface area (TPSA) is 102 Å². The Hall–Kier alpha value is -1.43. The van der Waals surface area contributed by atoms with Crippen molar-refractivity contribution in [2.75, 3.05) is 19.7 Å². The van der Waals surface area contributed by atoms with Gasteiger partial charge in [0.15, 0.2) is 11.4 Å². The molecule has 16 heavy (non-hydrogen) atoms. The van der Waals surface area contributed by atoms with Crippen LogP contribution in [-0.2, 0) is 14.2 Å². The maximum Gasteiger partial charge on any atom is 0.206 e. The van der Waals surface area contributed by atoms with Crippen molar-refractivity contribution in [1.82, 2.24) is 0 Å². The number of nitrogens with two attached hydrogens (primary N) is 1. The molecule has 7 nitrogen and oxygen atoms in total. The maximum atomic E-state index is 8.27. The lowest BCUT2D eigenvalue weighted by Gasteiger charge is -2.23. The van der Waals surface area contributed by atoms with Crippen LogP contribution >= 0.6 is 0 Å². The van der Waals surface area contributed by atoms with Gasteiger partial charge >= 0.3 is 0 Å². The van der Waals surface area contributed by atoms with Crippen LogP contribution in [0, 0.1) is 0 Å². The Kier molecular flexibility index (Phi) is 2.46. The van der Waals surface area contributed by atoms with Crippen molar-refractivity contribution >= 4 is 0 Å². The molecule has 0 aromatic heterocycles. The van der Waals surface area contributed by atoms with E-state index in [1.807, 2.05) is 0 Å². The van der Waals surface area contributed by atoms with E-state index >= 15 is 0 Å². The van der Waals surface area contributed by atoms with Crippen LogP contribution in [0.15, 0.2) is 16.6 Å². The van der Waals surface area contributed by atoms with Gasteiger partial charge in [0.1, 0.15) is 12.4 Å². The van der Waals surface area contributed by atoms with E-state index in [0.717, 1.165) is 0 Å². The van der Waals surface area contributed by atoms with E-state index in [0.29, 0.717) is 18.1 Å². The normalized spacial score (nSPS) is 30.4. The number of azide groups is 1. The molecule has 1 saturated heterocycles. The van der Waals surface area contributed by atoms with E-state index in [1.165, 1.54) is 0 Å². The first-order valence-corrected chi connectivity index (χ1v) is 4.99. The Morgan fingerprint density at radius 1 is 1.56 bits per heavy atom. The molecule has 1 atom stereocenters. The second-order valence-corrected chi connectivity index (χ2v) is 4.23. The summed E-state index contributed by atoms with van der Waals surface area (Å²) < 4.78 is 16.8. The van der Waals surface area contributed by atoms with Gasteiger partial charge in [-0.3, -0.25) is 0 Å². The van der Waals surface area contributed by atoms with Crippen molar-refractivity contribution in [2.45, 2.75) is 25.2 Å². The summed E-state index contributed by atoms with van der Waals surface area (Å²) in [6, 6.07) is 0. The fourth-order valence-corrected chi connectivity index (χ4v) is 1.96. The first kappa shape index (κ1) is 11.1. The number of ether oxygens (including phenoxy) is 3. The average Bonchev–Trinajstić information content (AvgIpc) is 2.67. The Balaban J connectivity index is 2.33. The fraction of sp³-hybridized carbons (Fsp3) is 0.778. The van der Waals surface area contributed by atoms with Crippen LogP contribution in [0.4, 0.5) is 0 Å². The number of hydrogen-bond donors (Lipinski definition) is 1. The van der Waals surface area contributed by atoms with Crippen molar-refractivity contribution in [3.8, 4) is 0 Å². The van der Waals surface area contributed by atoms with Gasteiger partial charge in [-0.05, 0) is 5.53 Å². The summed E-state index contributed by atoms with van der Waals surface area (Å²) in [6.07, 6.45) is 0. The van der Waals surface area contributed by atoms with Gasteiger partial charge in [-0.1, -0.05) is 5.11 Å². The van der Waals surface area contributed by atoms with Crippen LogP contribution < -0.4 is 5.73 Å². The van der Waals surface area contributed by atoms with Gasteiger partial charge in [-0.2, -0.15) is 0 Å². The SMILES string of the molecule is CC1(C)OC2=C(CN=[N+]=[N-])OC[C@]2(CN)O1. The third-order valence-corrected chi connectivity index (χ3v) is 2.54. The molecule has 0 unspecified atom stereocenters. The highest BCUT2D eigenvalue weighted by Crippen LogP contribution is 2.44. The van der Waals surface area contributed by atoms with Gasteiger partial charge in [0.2, 0.25) is 5.79 Å². The lowest BCUT2D eigenvalue weighted by molar-refractivity contribution is -0.169. The quantitative estimate of drug-likeness (QED) is 0.440. The largest absolute Gasteiger partial charge is 0.491 e. The zero-order valence-electron chi connectivity index (χ0n) is 9.27. The number of fused-ring (bicyclic) bond motifs is 1. The lowest BCUT2D eigenvalue weighted by Crippen LogP contribution is -2.42. The Bertz CT molecular complexity index is 386. The molecule has 2 aliphatic heterocycles. The van der Waals surface area contributed by atoms with Crippen molar-refractivity contribution in [3.05, 3.63) is 22.0 Å². The average molecular weight is 226 g/mol. The van der Waals surface area contributed by atoms with Gasteiger partial charge in [-0.15, -0.1) is 0 Å². The lowest BCUT2D eigenvalue weighted by atomic mass is 10.0. The van der Waals surface area contributed by atoms with Gasteiger partial charge in [0.05, 0.1) is 6.54 Å². The van der Waals surface area contributed by atoms with Crippen LogP contribution in [0.3, 0.4) is 0 Å². The first-order chi connectivity index (χ1) is 7.53. The fourth-order valence-electron chi connectivity index (χ4n) is 1.96. The van der Waals surface area contributed by atoms with Crippen LogP contribution in [-0.4, -0.2) is 31.1 Å². The highest BCUT2D eigenvalue weighted by Gasteiger charge is 2.55. The standard InChI is InChI=1S/C9H14N4O3/c1-8(2)15-7-6(3-12-13-11)14-5-9(7,4-10)16-8/h3-5,10H2,1-2H3/t9-/m0/s1. The molecular formula is C9H14N4O3. The van der Waals surface area contributed by atoms with E-state index in [1.54, 1.807) is 13.8 Å². The Morgan fingerprint density at radius 2 is 2.31 bits per heavy atom. The minimum Gasteiger partial charge on any atom is -0.491 e. The molecule has 0 amide bonds. The molecule has 0 spiro atoms. The predicted molar refractivity (Wildman–Crippen MR) is 55.0 cm³/mol. The molecule has 88 valence electrons. The second-order valence-electron chi connectivity index (χ2n) is 4.23. The van der Waals surface area contributed by atoms with Gasteiger partial charge in [0.25, 0.3) is 0 Å². The third-order valence-electron chi connectivity index (χ3n) is 2.54. The molecule has 7 heteroatoms. The molecule has 0 aromatic rings. The van der Waals surface area contributed by atoms with Crippen LogP contribution in [0.1, 0.15) is 13.8 Å². The molecule has 0 aromatic carbocycles. The minimum absolute atomic E-state index is 0.118. The monoisotopic (exact) mass is 226 g/mol. The molecule has 2 aliphatic rings. The zero-order chi connectivity index (χ0) is 11.8. The molecule has 0 saturated carbocycles. The van der Waals surface area contributed by atoms with Gasteiger partial charge in [0, 0.05) is 25.3 Å². The molecule has 0 bridgehead atoms. The van der Waals surface area contributed by atoms with Crippen LogP contribution in [0.5, 0.6) is 0 Å². The zero-order valence-corrected chi connectivity index (χ0v) is 9.27. The molecule has 1 fully saturated rings. The molecule has 2 heterocycles. The molecule has 0 aliphatic carbocycles. The van der Waals surface area contributed by atoms with Crippen molar-refractivity contribution in [3.63, 3.8) is 0 Å². The summed E-state index contributed by atoms with van der Waals surface area (Å²) in [7, 11) is 0. The molecule has 2 rings (SSSR count). The second kappa shape index (κ2) is 3.55. The van der Waals surface area contributed by atoms with Crippen LogP contribution in [0.2, 0.25) is 0 Å². The highest BCUT2D eigenvalue weighted by molar-refractivity contribution is 5.26. The summed E-state index contributed by atoms with van der Waals surface area (Å²) in [5, 5.41) is 3.45. The van der Waals surface area contributed by atoms with E-state index in [4.69, 9.17) is 25.5 Å². The number of rotatable bonds is 3. The van der Waals surface area contributed by atoms with Gasteiger partial charge < -0.3 is 19.9 Å². The smallest absolute Gasteiger partial charge is 0.206 e. The summed E-state index contributed by atoms with van der Waals surface area (Å²) in [5.41, 5.74) is 13.3. The van der Waals surface area contributed by atoms with E-state index < -0.39 is 11.4 Å². The summed E-state index contributed by atoms with van der Waals surface area (Å²) in [6.45, 7) is 4.30. The Labute approximate surface area is 92.8 Å². The predicted octanol–water partition coefficient (Wildman–Crippen LogP) is 1.02. The summed E-state index contributed by atoms with van der Waals surface area (Å²) in [4.78, 5) is 2.68.